The van der Waals surface area contributed by atoms with Crippen molar-refractivity contribution in [3.8, 4) is 0 Å². The van der Waals surface area contributed by atoms with E-state index in [4.69, 9.17) is 0 Å². The molecule has 1 heterocycles. The smallest absolute Gasteiger partial charge is 0.0842 e. The number of unbranched alkanes of at least 4 members (excludes halogenated alkanes) is 3. The Labute approximate surface area is 98.4 Å². The van der Waals surface area contributed by atoms with Gasteiger partial charge in [0.2, 0.25) is 0 Å². The summed E-state index contributed by atoms with van der Waals surface area (Å²) >= 11 is 0. The first-order valence-corrected chi connectivity index (χ1v) is 6.28. The Hall–Kier alpha value is -0.900. The van der Waals surface area contributed by atoms with Crippen LogP contribution in [0.3, 0.4) is 0 Å². The van der Waals surface area contributed by atoms with Gasteiger partial charge in [-0.2, -0.15) is 0 Å². The van der Waals surface area contributed by atoms with Crippen LogP contribution in [0, 0.1) is 0 Å². The van der Waals surface area contributed by atoms with Crippen LogP contribution >= 0.6 is 0 Å². The van der Waals surface area contributed by atoms with Crippen LogP contribution in [0.1, 0.15) is 44.7 Å². The molecule has 0 aliphatic carbocycles. The number of aromatic nitrogens is 3. The minimum Gasteiger partial charge on any atom is -0.317 e. The van der Waals surface area contributed by atoms with Gasteiger partial charge in [-0.05, 0) is 13.5 Å². The number of aryl methyl sites for hydroxylation is 1. The highest BCUT2D eigenvalue weighted by molar-refractivity contribution is 4.95. The van der Waals surface area contributed by atoms with E-state index < -0.39 is 0 Å². The first-order chi connectivity index (χ1) is 7.76. The van der Waals surface area contributed by atoms with Gasteiger partial charge in [-0.3, -0.25) is 4.68 Å². The maximum atomic E-state index is 4.12. The summed E-state index contributed by atoms with van der Waals surface area (Å²) in [5.74, 6) is 0. The minimum atomic E-state index is 0.536. The topological polar surface area (TPSA) is 42.7 Å². The van der Waals surface area contributed by atoms with Crippen LogP contribution in [0.4, 0.5) is 0 Å². The molecule has 1 unspecified atom stereocenters. The Morgan fingerprint density at radius 2 is 2.19 bits per heavy atom. The molecular weight excluding hydrogens is 200 g/mol. The molecule has 1 atom stereocenters. The number of nitrogens with zero attached hydrogens (tertiary/aromatic N) is 3. The van der Waals surface area contributed by atoms with Crippen molar-refractivity contribution in [2.45, 2.75) is 51.5 Å². The second kappa shape index (κ2) is 7.39. The summed E-state index contributed by atoms with van der Waals surface area (Å²) in [7, 11) is 3.94. The monoisotopic (exact) mass is 224 g/mol. The predicted octanol–water partition coefficient (Wildman–Crippen LogP) is 1.92. The molecule has 1 aromatic heterocycles. The third-order valence-electron chi connectivity index (χ3n) is 2.92. The molecule has 0 fully saturated rings. The van der Waals surface area contributed by atoms with Crippen molar-refractivity contribution in [2.24, 2.45) is 7.05 Å². The normalized spacial score (nSPS) is 12.9. The van der Waals surface area contributed by atoms with E-state index in [0.717, 1.165) is 12.1 Å². The SMILES string of the molecule is CCCCCCC(Cc1cn(C)nn1)NC. The van der Waals surface area contributed by atoms with Crippen LogP contribution in [-0.4, -0.2) is 28.1 Å². The quantitative estimate of drug-likeness (QED) is 0.686. The summed E-state index contributed by atoms with van der Waals surface area (Å²) in [6.07, 6.45) is 9.50. The molecule has 1 rings (SSSR count). The first-order valence-electron chi connectivity index (χ1n) is 6.28. The lowest BCUT2D eigenvalue weighted by Gasteiger charge is -2.14. The van der Waals surface area contributed by atoms with Crippen molar-refractivity contribution in [3.63, 3.8) is 0 Å². The van der Waals surface area contributed by atoms with Gasteiger partial charge in [-0.25, -0.2) is 0 Å². The van der Waals surface area contributed by atoms with E-state index in [-0.39, 0.29) is 0 Å². The fourth-order valence-electron chi connectivity index (χ4n) is 1.91. The molecule has 0 aromatic carbocycles. The maximum Gasteiger partial charge on any atom is 0.0842 e. The fourth-order valence-corrected chi connectivity index (χ4v) is 1.91. The number of likely N-dealkylation sites (N-methyl/N-ethyl adjacent to an activating group) is 1. The van der Waals surface area contributed by atoms with E-state index in [1.54, 1.807) is 4.68 Å². The van der Waals surface area contributed by atoms with Crippen LogP contribution in [-0.2, 0) is 13.5 Å². The molecule has 0 spiro atoms. The highest BCUT2D eigenvalue weighted by Gasteiger charge is 2.09. The minimum absolute atomic E-state index is 0.536. The molecule has 1 N–H and O–H groups in total. The van der Waals surface area contributed by atoms with Gasteiger partial charge in [0, 0.05) is 25.7 Å². The third kappa shape index (κ3) is 4.75. The number of hydrogen-bond acceptors (Lipinski definition) is 3. The van der Waals surface area contributed by atoms with Crippen LogP contribution in [0.25, 0.3) is 0 Å². The Morgan fingerprint density at radius 1 is 1.38 bits per heavy atom. The van der Waals surface area contributed by atoms with Gasteiger partial charge in [0.1, 0.15) is 0 Å². The molecule has 0 radical (unpaired) electrons. The average molecular weight is 224 g/mol. The Bertz CT molecular complexity index is 282. The van der Waals surface area contributed by atoms with E-state index in [9.17, 15) is 0 Å². The molecule has 0 bridgehead atoms. The third-order valence-corrected chi connectivity index (χ3v) is 2.92. The van der Waals surface area contributed by atoms with Crippen LogP contribution < -0.4 is 5.32 Å². The Balaban J connectivity index is 2.26. The van der Waals surface area contributed by atoms with Crippen molar-refractivity contribution >= 4 is 0 Å². The summed E-state index contributed by atoms with van der Waals surface area (Å²) < 4.78 is 1.76. The zero-order valence-corrected chi connectivity index (χ0v) is 10.7. The van der Waals surface area contributed by atoms with Gasteiger partial charge in [-0.15, -0.1) is 5.10 Å². The highest BCUT2D eigenvalue weighted by atomic mass is 15.4. The summed E-state index contributed by atoms with van der Waals surface area (Å²) in [5, 5.41) is 11.4. The lowest BCUT2D eigenvalue weighted by Crippen LogP contribution is -2.27. The lowest BCUT2D eigenvalue weighted by molar-refractivity contribution is 0.481. The van der Waals surface area contributed by atoms with E-state index >= 15 is 0 Å². The predicted molar refractivity (Wildman–Crippen MR) is 66.3 cm³/mol. The first kappa shape index (κ1) is 13.2. The van der Waals surface area contributed by atoms with Crippen molar-refractivity contribution < 1.29 is 0 Å². The highest BCUT2D eigenvalue weighted by Crippen LogP contribution is 2.08. The second-order valence-corrected chi connectivity index (χ2v) is 4.42. The lowest BCUT2D eigenvalue weighted by atomic mass is 10.0. The van der Waals surface area contributed by atoms with E-state index in [0.29, 0.717) is 6.04 Å². The van der Waals surface area contributed by atoms with Gasteiger partial charge in [0.05, 0.1) is 5.69 Å². The summed E-state index contributed by atoms with van der Waals surface area (Å²) in [6, 6.07) is 0.536. The summed E-state index contributed by atoms with van der Waals surface area (Å²) in [6.45, 7) is 2.25. The Kier molecular flexibility index (Phi) is 6.08. The van der Waals surface area contributed by atoms with Gasteiger partial charge < -0.3 is 5.32 Å². The van der Waals surface area contributed by atoms with Crippen LogP contribution in [0.2, 0.25) is 0 Å². The van der Waals surface area contributed by atoms with E-state index in [2.05, 4.69) is 22.6 Å². The number of nitrogens with one attached hydrogen (secondary N) is 1. The maximum absolute atomic E-state index is 4.12. The molecule has 1 aromatic rings. The average Bonchev–Trinajstić information content (AvgIpc) is 2.68. The Morgan fingerprint density at radius 3 is 2.75 bits per heavy atom. The van der Waals surface area contributed by atoms with Crippen molar-refractivity contribution in [3.05, 3.63) is 11.9 Å². The molecule has 0 saturated carbocycles. The fraction of sp³-hybridized carbons (Fsp3) is 0.833. The number of hydrogen-bond donors (Lipinski definition) is 1. The van der Waals surface area contributed by atoms with Crippen molar-refractivity contribution in [1.82, 2.24) is 20.3 Å². The van der Waals surface area contributed by atoms with Crippen molar-refractivity contribution in [1.29, 1.82) is 0 Å². The zero-order chi connectivity index (χ0) is 11.8. The van der Waals surface area contributed by atoms with Gasteiger partial charge in [0.25, 0.3) is 0 Å². The van der Waals surface area contributed by atoms with Crippen molar-refractivity contribution in [2.75, 3.05) is 7.05 Å². The number of rotatable bonds is 8. The molecule has 0 amide bonds. The van der Waals surface area contributed by atoms with Crippen LogP contribution in [0.15, 0.2) is 6.20 Å². The molecule has 16 heavy (non-hydrogen) atoms. The summed E-state index contributed by atoms with van der Waals surface area (Å²) in [5.41, 5.74) is 1.08. The van der Waals surface area contributed by atoms with E-state index in [1.807, 2.05) is 20.3 Å². The van der Waals surface area contributed by atoms with Gasteiger partial charge in [0.15, 0.2) is 0 Å². The zero-order valence-electron chi connectivity index (χ0n) is 10.7. The van der Waals surface area contributed by atoms with Crippen LogP contribution in [0.5, 0.6) is 0 Å². The molecule has 4 nitrogen and oxygen atoms in total. The molecule has 0 aliphatic heterocycles. The van der Waals surface area contributed by atoms with Gasteiger partial charge in [-0.1, -0.05) is 37.8 Å². The molecule has 4 heteroatoms. The van der Waals surface area contributed by atoms with E-state index in [1.165, 1.54) is 32.1 Å². The molecule has 92 valence electrons. The second-order valence-electron chi connectivity index (χ2n) is 4.42. The molecule has 0 saturated heterocycles. The molecular formula is C12H24N4. The summed E-state index contributed by atoms with van der Waals surface area (Å²) in [4.78, 5) is 0. The standard InChI is InChI=1S/C12H24N4/c1-4-5-6-7-8-11(13-2)9-12-10-16(3)15-14-12/h10-11,13H,4-9H2,1-3H3. The van der Waals surface area contributed by atoms with Gasteiger partial charge >= 0.3 is 0 Å². The largest absolute Gasteiger partial charge is 0.317 e. The molecule has 0 aliphatic rings.